The summed E-state index contributed by atoms with van der Waals surface area (Å²) in [4.78, 5) is 33.2. The van der Waals surface area contributed by atoms with Crippen LogP contribution < -0.4 is 0 Å². The van der Waals surface area contributed by atoms with Gasteiger partial charge >= 0.3 is 11.9 Å². The minimum Gasteiger partial charge on any atom is -0.481 e. The maximum absolute atomic E-state index is 11.3. The number of hydrogen-bond acceptors (Lipinski definition) is 4. The van der Waals surface area contributed by atoms with Gasteiger partial charge in [0.15, 0.2) is 0 Å². The van der Waals surface area contributed by atoms with Gasteiger partial charge in [0.05, 0.1) is 12.5 Å². The molecule has 1 aliphatic carbocycles. The van der Waals surface area contributed by atoms with Crippen LogP contribution in [0.3, 0.4) is 0 Å². The molecule has 2 atom stereocenters. The van der Waals surface area contributed by atoms with Gasteiger partial charge in [-0.2, -0.15) is 0 Å². The van der Waals surface area contributed by atoms with Gasteiger partial charge in [0, 0.05) is 6.42 Å². The number of rotatable bonds is 3. The summed E-state index contributed by atoms with van der Waals surface area (Å²) in [7, 11) is 0. The molecule has 5 nitrogen and oxygen atoms in total. The van der Waals surface area contributed by atoms with Gasteiger partial charge in [-0.05, 0) is 13.3 Å². The smallest absolute Gasteiger partial charge is 0.317 e. The van der Waals surface area contributed by atoms with Gasteiger partial charge in [0.25, 0.3) is 0 Å². The van der Waals surface area contributed by atoms with E-state index in [0.717, 1.165) is 0 Å². The predicted octanol–water partition coefficient (Wildman–Crippen LogP) is 0.229. The lowest BCUT2D eigenvalue weighted by Gasteiger charge is -2.12. The van der Waals surface area contributed by atoms with Crippen LogP contribution in [0, 0.1) is 11.8 Å². The Kier molecular flexibility index (Phi) is 3.22. The summed E-state index contributed by atoms with van der Waals surface area (Å²) in [5.41, 5.74) is 0. The third-order valence-electron chi connectivity index (χ3n) is 2.31. The molecule has 14 heavy (non-hydrogen) atoms. The first kappa shape index (κ1) is 10.7. The number of carbonyl (C=O) groups is 3. The zero-order chi connectivity index (χ0) is 10.7. The van der Waals surface area contributed by atoms with Gasteiger partial charge in [0.1, 0.15) is 11.7 Å². The molecule has 0 saturated heterocycles. The first-order valence-corrected chi connectivity index (χ1v) is 4.50. The third kappa shape index (κ3) is 1.92. The topological polar surface area (TPSA) is 80.7 Å². The van der Waals surface area contributed by atoms with Gasteiger partial charge in [-0.3, -0.25) is 14.4 Å². The second-order valence-corrected chi connectivity index (χ2v) is 3.18. The van der Waals surface area contributed by atoms with Gasteiger partial charge in [-0.1, -0.05) is 0 Å². The molecule has 0 radical (unpaired) electrons. The van der Waals surface area contributed by atoms with E-state index in [1.165, 1.54) is 0 Å². The summed E-state index contributed by atoms with van der Waals surface area (Å²) in [6, 6.07) is 0. The number of carbonyl (C=O) groups excluding carboxylic acids is 2. The SMILES string of the molecule is CCOC(=O)[C@H]1C(=O)CC[C@@H]1C(=O)O. The van der Waals surface area contributed by atoms with Crippen molar-refractivity contribution < 1.29 is 24.2 Å². The fraction of sp³-hybridized carbons (Fsp3) is 0.667. The molecule has 78 valence electrons. The van der Waals surface area contributed by atoms with Crippen molar-refractivity contribution in [1.29, 1.82) is 0 Å². The molecule has 0 aromatic rings. The van der Waals surface area contributed by atoms with Crippen LogP contribution in [-0.4, -0.2) is 29.4 Å². The summed E-state index contributed by atoms with van der Waals surface area (Å²) >= 11 is 0. The van der Waals surface area contributed by atoms with Crippen LogP contribution in [0.25, 0.3) is 0 Å². The highest BCUT2D eigenvalue weighted by molar-refractivity contribution is 6.04. The zero-order valence-electron chi connectivity index (χ0n) is 7.86. The molecular weight excluding hydrogens is 188 g/mol. The number of carboxylic acids is 1. The maximum atomic E-state index is 11.3. The zero-order valence-corrected chi connectivity index (χ0v) is 7.86. The van der Waals surface area contributed by atoms with Crippen molar-refractivity contribution in [1.82, 2.24) is 0 Å². The second-order valence-electron chi connectivity index (χ2n) is 3.18. The van der Waals surface area contributed by atoms with Gasteiger partial charge in [-0.25, -0.2) is 0 Å². The van der Waals surface area contributed by atoms with E-state index in [2.05, 4.69) is 4.74 Å². The van der Waals surface area contributed by atoms with Crippen LogP contribution in [0.2, 0.25) is 0 Å². The van der Waals surface area contributed by atoms with Crippen molar-refractivity contribution in [3.63, 3.8) is 0 Å². The highest BCUT2D eigenvalue weighted by Gasteiger charge is 2.44. The number of esters is 1. The van der Waals surface area contributed by atoms with Crippen LogP contribution in [0.15, 0.2) is 0 Å². The van der Waals surface area contributed by atoms with E-state index in [4.69, 9.17) is 5.11 Å². The van der Waals surface area contributed by atoms with E-state index >= 15 is 0 Å². The van der Waals surface area contributed by atoms with E-state index in [0.29, 0.717) is 0 Å². The second kappa shape index (κ2) is 4.21. The van der Waals surface area contributed by atoms with E-state index < -0.39 is 23.8 Å². The molecule has 0 heterocycles. The van der Waals surface area contributed by atoms with Crippen LogP contribution in [0.5, 0.6) is 0 Å². The van der Waals surface area contributed by atoms with Gasteiger partial charge < -0.3 is 9.84 Å². The Balaban J connectivity index is 2.76. The number of ether oxygens (including phenoxy) is 1. The molecule has 0 bridgehead atoms. The number of ketones is 1. The molecule has 0 unspecified atom stereocenters. The van der Waals surface area contributed by atoms with Crippen molar-refractivity contribution in [3.8, 4) is 0 Å². The van der Waals surface area contributed by atoms with Crippen LogP contribution in [0.4, 0.5) is 0 Å². The molecule has 1 N–H and O–H groups in total. The average Bonchev–Trinajstić information content (AvgIpc) is 2.47. The first-order valence-electron chi connectivity index (χ1n) is 4.50. The normalized spacial score (nSPS) is 26.2. The largest absolute Gasteiger partial charge is 0.481 e. The van der Waals surface area contributed by atoms with Crippen LogP contribution in [-0.2, 0) is 19.1 Å². The molecule has 0 aliphatic heterocycles. The predicted molar refractivity (Wildman–Crippen MR) is 45.5 cm³/mol. The van der Waals surface area contributed by atoms with Crippen molar-refractivity contribution in [2.45, 2.75) is 19.8 Å². The van der Waals surface area contributed by atoms with Crippen molar-refractivity contribution in [3.05, 3.63) is 0 Å². The standard InChI is InChI=1S/C9H12O5/c1-2-14-9(13)7-5(8(11)12)3-4-6(7)10/h5,7H,2-4H2,1H3,(H,11,12)/t5-,7+/m0/s1. The Morgan fingerprint density at radius 2 is 2.21 bits per heavy atom. The van der Waals surface area contributed by atoms with Gasteiger partial charge in [-0.15, -0.1) is 0 Å². The molecule has 1 saturated carbocycles. The highest BCUT2D eigenvalue weighted by atomic mass is 16.5. The van der Waals surface area contributed by atoms with E-state index in [9.17, 15) is 14.4 Å². The maximum Gasteiger partial charge on any atom is 0.317 e. The van der Waals surface area contributed by atoms with Gasteiger partial charge in [0.2, 0.25) is 0 Å². The monoisotopic (exact) mass is 200 g/mol. The fourth-order valence-electron chi connectivity index (χ4n) is 1.64. The summed E-state index contributed by atoms with van der Waals surface area (Å²) < 4.78 is 4.65. The molecule has 0 spiro atoms. The summed E-state index contributed by atoms with van der Waals surface area (Å²) in [6.07, 6.45) is 0.387. The van der Waals surface area contributed by atoms with Crippen molar-refractivity contribution >= 4 is 17.7 Å². The lowest BCUT2D eigenvalue weighted by Crippen LogP contribution is -2.31. The molecule has 1 aliphatic rings. The van der Waals surface area contributed by atoms with E-state index in [1.807, 2.05) is 0 Å². The van der Waals surface area contributed by atoms with E-state index in [1.54, 1.807) is 6.92 Å². The van der Waals surface area contributed by atoms with Crippen LogP contribution in [0.1, 0.15) is 19.8 Å². The minimum atomic E-state index is -1.10. The summed E-state index contributed by atoms with van der Waals surface area (Å²) in [6.45, 7) is 1.78. The molecule has 1 fully saturated rings. The third-order valence-corrected chi connectivity index (χ3v) is 2.31. The lowest BCUT2D eigenvalue weighted by atomic mass is 9.96. The number of aliphatic carboxylic acids is 1. The number of hydrogen-bond donors (Lipinski definition) is 1. The molecule has 0 aromatic carbocycles. The molecular formula is C9H12O5. The van der Waals surface area contributed by atoms with Crippen molar-refractivity contribution in [2.75, 3.05) is 6.61 Å². The number of carboxylic acid groups (broad SMARTS) is 1. The fourth-order valence-corrected chi connectivity index (χ4v) is 1.64. The lowest BCUT2D eigenvalue weighted by molar-refractivity contribution is -0.158. The Bertz CT molecular complexity index is 270. The Labute approximate surface area is 81.0 Å². The Morgan fingerprint density at radius 3 is 2.71 bits per heavy atom. The molecule has 5 heteroatoms. The summed E-state index contributed by atoms with van der Waals surface area (Å²) in [5, 5.41) is 8.76. The first-order chi connectivity index (χ1) is 6.57. The Hall–Kier alpha value is -1.39. The highest BCUT2D eigenvalue weighted by Crippen LogP contribution is 2.29. The average molecular weight is 200 g/mol. The van der Waals surface area contributed by atoms with Crippen molar-refractivity contribution in [2.24, 2.45) is 11.8 Å². The molecule has 1 rings (SSSR count). The van der Waals surface area contributed by atoms with E-state index in [-0.39, 0.29) is 25.2 Å². The summed E-state index contributed by atoms with van der Waals surface area (Å²) in [5.74, 6) is -4.12. The molecule has 0 amide bonds. The quantitative estimate of drug-likeness (QED) is 0.521. The molecule has 0 aromatic heterocycles. The van der Waals surface area contributed by atoms with Crippen LogP contribution >= 0.6 is 0 Å². The number of Topliss-reactive ketones (excluding diaryl/α,β-unsaturated/α-hetero) is 1. The minimum absolute atomic E-state index is 0.153. The Morgan fingerprint density at radius 1 is 1.57 bits per heavy atom.